The van der Waals surface area contributed by atoms with Crippen molar-refractivity contribution in [1.82, 2.24) is 0 Å². The smallest absolute Gasteiger partial charge is 0.0882 e. The lowest BCUT2D eigenvalue weighted by atomic mass is 9.80. The lowest BCUT2D eigenvalue weighted by Crippen LogP contribution is -2.17. The van der Waals surface area contributed by atoms with Crippen molar-refractivity contribution in [2.45, 2.75) is 58.8 Å². The van der Waals surface area contributed by atoms with Gasteiger partial charge in [0, 0.05) is 0 Å². The van der Waals surface area contributed by atoms with Crippen molar-refractivity contribution in [2.75, 3.05) is 0 Å². The van der Waals surface area contributed by atoms with E-state index >= 15 is 0 Å². The maximum Gasteiger partial charge on any atom is 0.0882 e. The molecule has 1 heteroatoms. The quantitative estimate of drug-likeness (QED) is 0.711. The fourth-order valence-electron chi connectivity index (χ4n) is 2.88. The maximum atomic E-state index is 9.61. The summed E-state index contributed by atoms with van der Waals surface area (Å²) >= 11 is 0. The highest BCUT2D eigenvalue weighted by molar-refractivity contribution is 5.50. The van der Waals surface area contributed by atoms with Crippen molar-refractivity contribution in [1.29, 1.82) is 5.26 Å². The molecule has 0 saturated heterocycles. The first kappa shape index (κ1) is 13.1. The van der Waals surface area contributed by atoms with Gasteiger partial charge >= 0.3 is 0 Å². The molecule has 18 heavy (non-hydrogen) atoms. The molecular weight excluding hydrogens is 218 g/mol. The number of benzene rings is 1. The molecule has 0 aromatic heterocycles. The van der Waals surface area contributed by atoms with Gasteiger partial charge in [0.15, 0.2) is 0 Å². The standard InChI is InChI=1S/C17H23N/c1-12-7-8-13(15(2,3)4)9-14(12)17(11-18)10-16(17,5)6/h7-9H,10H2,1-6H3. The molecule has 1 nitrogen and oxygen atoms in total. The van der Waals surface area contributed by atoms with Gasteiger partial charge in [-0.15, -0.1) is 0 Å². The number of hydrogen-bond donors (Lipinski definition) is 0. The first-order valence-electron chi connectivity index (χ1n) is 6.67. The largest absolute Gasteiger partial charge is 0.197 e. The van der Waals surface area contributed by atoms with Crippen LogP contribution in [-0.4, -0.2) is 0 Å². The molecule has 1 atom stereocenters. The maximum absolute atomic E-state index is 9.61. The zero-order chi connectivity index (χ0) is 13.8. The number of rotatable bonds is 1. The molecule has 1 fully saturated rings. The second-order valence-corrected chi connectivity index (χ2v) is 7.36. The van der Waals surface area contributed by atoms with Gasteiger partial charge in [-0.2, -0.15) is 5.26 Å². The van der Waals surface area contributed by atoms with Gasteiger partial charge in [0.2, 0.25) is 0 Å². The second-order valence-electron chi connectivity index (χ2n) is 7.36. The molecule has 0 aliphatic heterocycles. The van der Waals surface area contributed by atoms with Gasteiger partial charge in [-0.1, -0.05) is 52.8 Å². The summed E-state index contributed by atoms with van der Waals surface area (Å²) in [4.78, 5) is 0. The van der Waals surface area contributed by atoms with E-state index in [0.29, 0.717) is 0 Å². The van der Waals surface area contributed by atoms with E-state index in [1.54, 1.807) is 0 Å². The van der Waals surface area contributed by atoms with Crippen LogP contribution in [0, 0.1) is 23.7 Å². The van der Waals surface area contributed by atoms with Crippen LogP contribution in [0.4, 0.5) is 0 Å². The molecule has 0 heterocycles. The highest BCUT2D eigenvalue weighted by Gasteiger charge is 2.63. The third kappa shape index (κ3) is 1.75. The van der Waals surface area contributed by atoms with Crippen molar-refractivity contribution in [3.63, 3.8) is 0 Å². The van der Waals surface area contributed by atoms with Gasteiger partial charge in [0.25, 0.3) is 0 Å². The Hall–Kier alpha value is -1.29. The van der Waals surface area contributed by atoms with E-state index in [2.05, 4.69) is 65.8 Å². The Kier molecular flexibility index (Phi) is 2.63. The highest BCUT2D eigenvalue weighted by atomic mass is 14.6. The summed E-state index contributed by atoms with van der Waals surface area (Å²) in [5.41, 5.74) is 3.79. The van der Waals surface area contributed by atoms with E-state index < -0.39 is 0 Å². The van der Waals surface area contributed by atoms with Crippen LogP contribution in [0.15, 0.2) is 18.2 Å². The number of nitrogens with zero attached hydrogens (tertiary/aromatic N) is 1. The lowest BCUT2D eigenvalue weighted by Gasteiger charge is -2.23. The Morgan fingerprint density at radius 3 is 2.17 bits per heavy atom. The van der Waals surface area contributed by atoms with Gasteiger partial charge in [-0.25, -0.2) is 0 Å². The molecule has 1 aromatic carbocycles. The van der Waals surface area contributed by atoms with Crippen molar-refractivity contribution in [3.8, 4) is 6.07 Å². The summed E-state index contributed by atoms with van der Waals surface area (Å²) in [7, 11) is 0. The predicted molar refractivity (Wildman–Crippen MR) is 75.6 cm³/mol. The molecule has 0 amide bonds. The van der Waals surface area contributed by atoms with Crippen LogP contribution in [0.25, 0.3) is 0 Å². The van der Waals surface area contributed by atoms with Crippen LogP contribution in [0.5, 0.6) is 0 Å². The van der Waals surface area contributed by atoms with Crippen LogP contribution < -0.4 is 0 Å². The van der Waals surface area contributed by atoms with Crippen LogP contribution in [0.2, 0.25) is 0 Å². The Morgan fingerprint density at radius 1 is 1.22 bits per heavy atom. The van der Waals surface area contributed by atoms with E-state index in [9.17, 15) is 5.26 Å². The van der Waals surface area contributed by atoms with Crippen molar-refractivity contribution in [2.24, 2.45) is 5.41 Å². The molecule has 0 bridgehead atoms. The zero-order valence-electron chi connectivity index (χ0n) is 12.4. The summed E-state index contributed by atoms with van der Waals surface area (Å²) in [6.45, 7) is 13.2. The van der Waals surface area contributed by atoms with Crippen LogP contribution in [-0.2, 0) is 10.8 Å². The predicted octanol–water partition coefficient (Wildman–Crippen LogP) is 4.48. The SMILES string of the molecule is Cc1ccc(C(C)(C)C)cc1C1(C#N)CC1(C)C. The van der Waals surface area contributed by atoms with E-state index in [0.717, 1.165) is 6.42 Å². The van der Waals surface area contributed by atoms with Gasteiger partial charge < -0.3 is 0 Å². The first-order valence-corrected chi connectivity index (χ1v) is 6.67. The molecule has 1 aliphatic carbocycles. The van der Waals surface area contributed by atoms with Crippen molar-refractivity contribution >= 4 is 0 Å². The minimum absolute atomic E-state index is 0.114. The second kappa shape index (κ2) is 3.60. The lowest BCUT2D eigenvalue weighted by molar-refractivity contribution is 0.561. The summed E-state index contributed by atoms with van der Waals surface area (Å²) in [5, 5.41) is 9.61. The van der Waals surface area contributed by atoms with Gasteiger partial charge in [0.05, 0.1) is 11.5 Å². The van der Waals surface area contributed by atoms with E-state index in [-0.39, 0.29) is 16.2 Å². The van der Waals surface area contributed by atoms with Crippen LogP contribution in [0.1, 0.15) is 57.7 Å². The summed E-state index contributed by atoms with van der Waals surface area (Å²) in [5.74, 6) is 0. The van der Waals surface area contributed by atoms with E-state index in [4.69, 9.17) is 0 Å². The minimum Gasteiger partial charge on any atom is -0.197 e. The normalized spacial score (nSPS) is 25.6. The highest BCUT2D eigenvalue weighted by Crippen LogP contribution is 2.64. The average molecular weight is 241 g/mol. The Labute approximate surface area is 111 Å². The summed E-state index contributed by atoms with van der Waals surface area (Å²) in [6.07, 6.45) is 0.977. The third-order valence-electron chi connectivity index (χ3n) is 4.49. The number of nitriles is 1. The first-order chi connectivity index (χ1) is 8.14. The van der Waals surface area contributed by atoms with Gasteiger partial charge in [-0.3, -0.25) is 0 Å². The average Bonchev–Trinajstić information content (AvgIpc) is 2.81. The van der Waals surface area contributed by atoms with Crippen LogP contribution >= 0.6 is 0 Å². The molecule has 0 N–H and O–H groups in total. The van der Waals surface area contributed by atoms with E-state index in [1.807, 2.05) is 0 Å². The summed E-state index contributed by atoms with van der Waals surface area (Å²) in [6, 6.07) is 9.20. The monoisotopic (exact) mass is 241 g/mol. The molecule has 1 aromatic rings. The Morgan fingerprint density at radius 2 is 1.78 bits per heavy atom. The molecule has 2 rings (SSSR count). The van der Waals surface area contributed by atoms with E-state index in [1.165, 1.54) is 16.7 Å². The van der Waals surface area contributed by atoms with Crippen molar-refractivity contribution in [3.05, 3.63) is 34.9 Å². The Bertz CT molecular complexity index is 526. The molecular formula is C17H23N. The Balaban J connectivity index is 2.57. The summed E-state index contributed by atoms with van der Waals surface area (Å²) < 4.78 is 0. The zero-order valence-corrected chi connectivity index (χ0v) is 12.4. The van der Waals surface area contributed by atoms with Crippen molar-refractivity contribution < 1.29 is 0 Å². The molecule has 1 saturated carbocycles. The molecule has 1 aliphatic rings. The van der Waals surface area contributed by atoms with Gasteiger partial charge in [0.1, 0.15) is 0 Å². The van der Waals surface area contributed by atoms with Crippen LogP contribution in [0.3, 0.4) is 0 Å². The number of aryl methyl sites for hydroxylation is 1. The molecule has 0 spiro atoms. The number of hydrogen-bond acceptors (Lipinski definition) is 1. The molecule has 0 radical (unpaired) electrons. The van der Waals surface area contributed by atoms with Gasteiger partial charge in [-0.05, 0) is 40.9 Å². The fraction of sp³-hybridized carbons (Fsp3) is 0.588. The topological polar surface area (TPSA) is 23.8 Å². The molecule has 1 unspecified atom stereocenters. The third-order valence-corrected chi connectivity index (χ3v) is 4.49. The molecule has 96 valence electrons. The fourth-order valence-corrected chi connectivity index (χ4v) is 2.88. The minimum atomic E-state index is -0.266.